The van der Waals surface area contributed by atoms with Crippen LogP contribution in [0.2, 0.25) is 0 Å². The topological polar surface area (TPSA) is 73.6 Å². The van der Waals surface area contributed by atoms with Gasteiger partial charge >= 0.3 is 0 Å². The van der Waals surface area contributed by atoms with E-state index in [9.17, 15) is 4.79 Å². The van der Waals surface area contributed by atoms with Gasteiger partial charge in [0, 0.05) is 18.0 Å². The third-order valence-electron chi connectivity index (χ3n) is 4.54. The molecule has 2 unspecified atom stereocenters. The summed E-state index contributed by atoms with van der Waals surface area (Å²) in [5.74, 6) is 1.70. The first kappa shape index (κ1) is 15.2. The highest BCUT2D eigenvalue weighted by atomic mass is 16.5. The first-order chi connectivity index (χ1) is 10.8. The molecule has 1 heterocycles. The van der Waals surface area contributed by atoms with Crippen LogP contribution in [0, 0.1) is 5.92 Å². The molecule has 0 bridgehead atoms. The fraction of sp³-hybridized carbons (Fsp3) is 0.588. The van der Waals surface area contributed by atoms with Crippen molar-refractivity contribution in [2.75, 3.05) is 19.8 Å². The lowest BCUT2D eigenvalue weighted by Crippen LogP contribution is -2.44. The fourth-order valence-corrected chi connectivity index (χ4v) is 3.24. The van der Waals surface area contributed by atoms with Crippen LogP contribution in [0.5, 0.6) is 11.5 Å². The molecule has 0 saturated heterocycles. The molecule has 0 radical (unpaired) electrons. The Balaban J connectivity index is 1.70. The second-order valence-corrected chi connectivity index (χ2v) is 6.07. The monoisotopic (exact) mass is 304 g/mol. The zero-order valence-electron chi connectivity index (χ0n) is 12.8. The van der Waals surface area contributed by atoms with Crippen LogP contribution in [-0.4, -0.2) is 31.7 Å². The van der Waals surface area contributed by atoms with Crippen LogP contribution >= 0.6 is 0 Å². The highest BCUT2D eigenvalue weighted by Crippen LogP contribution is 2.31. The standard InChI is InChI=1S/C17H24N2O3/c18-11-13-4-1-2-5-14(13)19-17(20)12-6-7-15-16(10-12)22-9-3-8-21-15/h6-7,10,13-14H,1-5,8-9,11,18H2,(H,19,20). The Labute approximate surface area is 131 Å². The number of ether oxygens (including phenoxy) is 2. The molecular formula is C17H24N2O3. The van der Waals surface area contributed by atoms with Crippen LogP contribution in [0.4, 0.5) is 0 Å². The second-order valence-electron chi connectivity index (χ2n) is 6.07. The number of carbonyl (C=O) groups is 1. The quantitative estimate of drug-likeness (QED) is 0.897. The van der Waals surface area contributed by atoms with E-state index in [0.29, 0.717) is 42.7 Å². The Kier molecular flexibility index (Phi) is 4.83. The fourth-order valence-electron chi connectivity index (χ4n) is 3.24. The molecule has 1 saturated carbocycles. The van der Waals surface area contributed by atoms with Crippen molar-refractivity contribution < 1.29 is 14.3 Å². The molecule has 1 aliphatic heterocycles. The molecule has 1 amide bonds. The Morgan fingerprint density at radius 1 is 1.14 bits per heavy atom. The number of fused-ring (bicyclic) bond motifs is 1. The summed E-state index contributed by atoms with van der Waals surface area (Å²) in [6, 6.07) is 5.57. The molecule has 1 aliphatic carbocycles. The maximum atomic E-state index is 12.5. The van der Waals surface area contributed by atoms with E-state index >= 15 is 0 Å². The number of hydrogen-bond donors (Lipinski definition) is 2. The number of amides is 1. The number of rotatable bonds is 3. The van der Waals surface area contributed by atoms with Gasteiger partial charge in [0.15, 0.2) is 11.5 Å². The van der Waals surface area contributed by atoms with Gasteiger partial charge in [-0.2, -0.15) is 0 Å². The molecule has 5 nitrogen and oxygen atoms in total. The first-order valence-electron chi connectivity index (χ1n) is 8.18. The van der Waals surface area contributed by atoms with Crippen LogP contribution in [0.15, 0.2) is 18.2 Å². The second kappa shape index (κ2) is 7.01. The molecule has 5 heteroatoms. The summed E-state index contributed by atoms with van der Waals surface area (Å²) in [6.45, 7) is 1.90. The summed E-state index contributed by atoms with van der Waals surface area (Å²) in [5, 5.41) is 3.14. The lowest BCUT2D eigenvalue weighted by atomic mass is 9.84. The van der Waals surface area contributed by atoms with E-state index in [4.69, 9.17) is 15.2 Å². The number of benzene rings is 1. The van der Waals surface area contributed by atoms with Gasteiger partial charge in [0.05, 0.1) is 13.2 Å². The van der Waals surface area contributed by atoms with Crippen molar-refractivity contribution in [1.29, 1.82) is 0 Å². The minimum absolute atomic E-state index is 0.0546. The Hall–Kier alpha value is -1.75. The van der Waals surface area contributed by atoms with Crippen molar-refractivity contribution in [3.05, 3.63) is 23.8 Å². The van der Waals surface area contributed by atoms with Gasteiger partial charge in [-0.3, -0.25) is 4.79 Å². The number of carbonyl (C=O) groups excluding carboxylic acids is 1. The van der Waals surface area contributed by atoms with Crippen molar-refractivity contribution in [1.82, 2.24) is 5.32 Å². The molecule has 2 aliphatic rings. The van der Waals surface area contributed by atoms with E-state index in [2.05, 4.69) is 5.32 Å². The Morgan fingerprint density at radius 2 is 1.91 bits per heavy atom. The molecule has 120 valence electrons. The van der Waals surface area contributed by atoms with Crippen LogP contribution in [0.25, 0.3) is 0 Å². The Bertz CT molecular complexity index is 533. The average molecular weight is 304 g/mol. The third kappa shape index (κ3) is 3.35. The van der Waals surface area contributed by atoms with E-state index in [1.165, 1.54) is 6.42 Å². The largest absolute Gasteiger partial charge is 0.490 e. The van der Waals surface area contributed by atoms with Gasteiger partial charge in [-0.05, 0) is 43.5 Å². The molecule has 2 atom stereocenters. The Morgan fingerprint density at radius 3 is 2.73 bits per heavy atom. The smallest absolute Gasteiger partial charge is 0.251 e. The maximum Gasteiger partial charge on any atom is 0.251 e. The van der Waals surface area contributed by atoms with Crippen molar-refractivity contribution in [3.8, 4) is 11.5 Å². The lowest BCUT2D eigenvalue weighted by Gasteiger charge is -2.31. The normalized spacial score (nSPS) is 24.4. The molecule has 22 heavy (non-hydrogen) atoms. The first-order valence-corrected chi connectivity index (χ1v) is 8.18. The van der Waals surface area contributed by atoms with Gasteiger partial charge in [0.1, 0.15) is 0 Å². The molecule has 1 aromatic rings. The number of hydrogen-bond acceptors (Lipinski definition) is 4. The molecule has 3 rings (SSSR count). The van der Waals surface area contributed by atoms with Gasteiger partial charge in [-0.25, -0.2) is 0 Å². The van der Waals surface area contributed by atoms with E-state index < -0.39 is 0 Å². The maximum absolute atomic E-state index is 12.5. The van der Waals surface area contributed by atoms with E-state index in [1.807, 2.05) is 6.07 Å². The van der Waals surface area contributed by atoms with E-state index in [1.54, 1.807) is 12.1 Å². The minimum atomic E-state index is -0.0546. The molecule has 1 aromatic carbocycles. The van der Waals surface area contributed by atoms with Gasteiger partial charge in [-0.15, -0.1) is 0 Å². The molecule has 0 spiro atoms. The van der Waals surface area contributed by atoms with Crippen LogP contribution in [0.1, 0.15) is 42.5 Å². The van der Waals surface area contributed by atoms with Crippen molar-refractivity contribution >= 4 is 5.91 Å². The van der Waals surface area contributed by atoms with Crippen molar-refractivity contribution in [3.63, 3.8) is 0 Å². The highest BCUT2D eigenvalue weighted by molar-refractivity contribution is 5.95. The minimum Gasteiger partial charge on any atom is -0.490 e. The lowest BCUT2D eigenvalue weighted by molar-refractivity contribution is 0.0907. The summed E-state index contributed by atoms with van der Waals surface area (Å²) < 4.78 is 11.2. The molecule has 3 N–H and O–H groups in total. The summed E-state index contributed by atoms with van der Waals surface area (Å²) in [5.41, 5.74) is 6.45. The van der Waals surface area contributed by atoms with Gasteiger partial charge in [-0.1, -0.05) is 12.8 Å². The number of nitrogens with one attached hydrogen (secondary N) is 1. The summed E-state index contributed by atoms with van der Waals surface area (Å²) >= 11 is 0. The van der Waals surface area contributed by atoms with Crippen molar-refractivity contribution in [2.45, 2.75) is 38.1 Å². The molecule has 0 aromatic heterocycles. The van der Waals surface area contributed by atoms with Crippen molar-refractivity contribution in [2.24, 2.45) is 11.7 Å². The molecule has 1 fully saturated rings. The predicted molar refractivity (Wildman–Crippen MR) is 84.3 cm³/mol. The average Bonchev–Trinajstić information content (AvgIpc) is 2.79. The van der Waals surface area contributed by atoms with E-state index in [-0.39, 0.29) is 11.9 Å². The van der Waals surface area contributed by atoms with Gasteiger partial charge in [0.2, 0.25) is 0 Å². The zero-order chi connectivity index (χ0) is 15.4. The zero-order valence-corrected chi connectivity index (χ0v) is 12.8. The third-order valence-corrected chi connectivity index (χ3v) is 4.54. The summed E-state index contributed by atoms with van der Waals surface area (Å²) in [7, 11) is 0. The van der Waals surface area contributed by atoms with Gasteiger partial charge in [0.25, 0.3) is 5.91 Å². The van der Waals surface area contributed by atoms with Crippen LogP contribution in [-0.2, 0) is 0 Å². The van der Waals surface area contributed by atoms with Crippen LogP contribution < -0.4 is 20.5 Å². The van der Waals surface area contributed by atoms with Crippen LogP contribution in [0.3, 0.4) is 0 Å². The summed E-state index contributed by atoms with van der Waals surface area (Å²) in [4.78, 5) is 12.5. The van der Waals surface area contributed by atoms with Gasteiger partial charge < -0.3 is 20.5 Å². The highest BCUT2D eigenvalue weighted by Gasteiger charge is 2.26. The molecular weight excluding hydrogens is 280 g/mol. The summed E-state index contributed by atoms with van der Waals surface area (Å²) in [6.07, 6.45) is 5.33. The number of nitrogens with two attached hydrogens (primary N) is 1. The predicted octanol–water partition coefficient (Wildman–Crippen LogP) is 2.10. The SMILES string of the molecule is NCC1CCCCC1NC(=O)c1ccc2c(c1)OCCCO2. The van der Waals surface area contributed by atoms with E-state index in [0.717, 1.165) is 25.7 Å².